The summed E-state index contributed by atoms with van der Waals surface area (Å²) in [5.41, 5.74) is 0. The average Bonchev–Trinajstić information content (AvgIpc) is 3.60. The standard InChI is InChI=1S/C71H122O12/c1-4-7-10-13-16-19-22-25-28-30-32-34-37-39-42-45-48-51-54-57-63(72)79-60-62(81-64(73)58-55-52-49-46-43-40-36-27-24-21-18-15-12-9-6-3)61-80-71-69(67(76)66(75)68(83-71)70(77)78)82-65(74)59-56-53-50-47-44-41-38-35-33-31-29-26-23-20-17-14-11-8-5-2/h8,11,17,20,25-29,33,35-36,62,66-69,71,75-76H,4-7,9-10,12-16,18-19,21-24,30-32,34,37-61H2,1-3H3,(H,77,78)/b11-8-,20-17-,28-25-,29-26-,35-33-,36-27-. The van der Waals surface area contributed by atoms with Crippen molar-refractivity contribution < 1.29 is 58.2 Å². The highest BCUT2D eigenvalue weighted by Gasteiger charge is 2.50. The molecule has 12 nitrogen and oxygen atoms in total. The van der Waals surface area contributed by atoms with Gasteiger partial charge in [-0.15, -0.1) is 0 Å². The number of ether oxygens (including phenoxy) is 5. The van der Waals surface area contributed by atoms with Crippen LogP contribution in [0.25, 0.3) is 0 Å². The molecule has 1 rings (SSSR count). The summed E-state index contributed by atoms with van der Waals surface area (Å²) in [6.45, 7) is 5.90. The molecule has 478 valence electrons. The lowest BCUT2D eigenvalue weighted by atomic mass is 9.98. The molecule has 6 atom stereocenters. The molecule has 0 amide bonds. The zero-order valence-corrected chi connectivity index (χ0v) is 52.9. The van der Waals surface area contributed by atoms with Crippen molar-refractivity contribution in [3.63, 3.8) is 0 Å². The summed E-state index contributed by atoms with van der Waals surface area (Å²) in [5.74, 6) is -3.13. The predicted octanol–water partition coefficient (Wildman–Crippen LogP) is 18.5. The fraction of sp³-hybridized carbons (Fsp3) is 0.775. The van der Waals surface area contributed by atoms with Crippen LogP contribution in [0.5, 0.6) is 0 Å². The van der Waals surface area contributed by atoms with Crippen LogP contribution in [0.3, 0.4) is 0 Å². The summed E-state index contributed by atoms with van der Waals surface area (Å²) >= 11 is 0. The number of carboxylic acids is 1. The van der Waals surface area contributed by atoms with Crippen molar-refractivity contribution in [1.82, 2.24) is 0 Å². The monoisotopic (exact) mass is 1170 g/mol. The summed E-state index contributed by atoms with van der Waals surface area (Å²) in [6.07, 6.45) is 62.8. The zero-order valence-electron chi connectivity index (χ0n) is 52.9. The lowest BCUT2D eigenvalue weighted by Crippen LogP contribution is -2.61. The van der Waals surface area contributed by atoms with E-state index in [4.69, 9.17) is 23.7 Å². The SMILES string of the molecule is CC/C=C\C/C=C\C/C=C\C/C=C\CCCCCCCCC(=O)OC1C(OCC(COC(=O)CCCCCCCCCCC/C=C\CCCCCCCC)OC(=O)CCCCCCC/C=C\CCCCCCCC)OC(C(=O)O)C(O)C1O. The Hall–Kier alpha value is -3.84. The summed E-state index contributed by atoms with van der Waals surface area (Å²) < 4.78 is 28.6. The summed E-state index contributed by atoms with van der Waals surface area (Å²) in [4.78, 5) is 51.4. The Morgan fingerprint density at radius 3 is 1.17 bits per heavy atom. The van der Waals surface area contributed by atoms with E-state index in [1.165, 1.54) is 122 Å². The minimum absolute atomic E-state index is 0.0422. The number of hydrogen-bond acceptors (Lipinski definition) is 11. The van der Waals surface area contributed by atoms with Gasteiger partial charge in [0.2, 0.25) is 0 Å². The van der Waals surface area contributed by atoms with Crippen molar-refractivity contribution >= 4 is 23.9 Å². The van der Waals surface area contributed by atoms with Crippen LogP contribution in [-0.2, 0) is 42.9 Å². The van der Waals surface area contributed by atoms with E-state index >= 15 is 0 Å². The fourth-order valence-corrected chi connectivity index (χ4v) is 10.1. The molecule has 6 unspecified atom stereocenters. The minimum atomic E-state index is -1.91. The number of allylic oxidation sites excluding steroid dienone is 12. The van der Waals surface area contributed by atoms with Crippen LogP contribution in [0.2, 0.25) is 0 Å². The maximum absolute atomic E-state index is 13.2. The second-order valence-corrected chi connectivity index (χ2v) is 23.1. The number of rotatable bonds is 58. The predicted molar refractivity (Wildman–Crippen MR) is 340 cm³/mol. The summed E-state index contributed by atoms with van der Waals surface area (Å²) in [5, 5.41) is 31.6. The van der Waals surface area contributed by atoms with Crippen molar-refractivity contribution in [2.45, 2.75) is 340 Å². The van der Waals surface area contributed by atoms with Gasteiger partial charge in [-0.25, -0.2) is 4.79 Å². The van der Waals surface area contributed by atoms with Gasteiger partial charge < -0.3 is 39.0 Å². The molecule has 0 spiro atoms. The molecule has 0 radical (unpaired) electrons. The van der Waals surface area contributed by atoms with Crippen molar-refractivity contribution in [3.05, 3.63) is 72.9 Å². The number of aliphatic hydroxyl groups is 2. The summed E-state index contributed by atoms with van der Waals surface area (Å²) in [7, 11) is 0. The first-order valence-corrected chi connectivity index (χ1v) is 33.9. The van der Waals surface area contributed by atoms with Gasteiger partial charge in [0.1, 0.15) is 18.8 Å². The molecule has 0 aromatic rings. The van der Waals surface area contributed by atoms with E-state index in [0.717, 1.165) is 122 Å². The van der Waals surface area contributed by atoms with Crippen LogP contribution in [0.15, 0.2) is 72.9 Å². The second kappa shape index (κ2) is 58.5. The van der Waals surface area contributed by atoms with Gasteiger partial charge in [-0.3, -0.25) is 14.4 Å². The molecule has 0 bridgehead atoms. The van der Waals surface area contributed by atoms with Crippen LogP contribution < -0.4 is 0 Å². The number of carbonyl (C=O) groups is 4. The Balaban J connectivity index is 2.65. The quantitative estimate of drug-likeness (QED) is 0.0228. The molecule has 0 saturated carbocycles. The largest absolute Gasteiger partial charge is 0.479 e. The first kappa shape index (κ1) is 77.2. The Morgan fingerprint density at radius 2 is 0.759 bits per heavy atom. The molecule has 0 aromatic carbocycles. The van der Waals surface area contributed by atoms with Gasteiger partial charge >= 0.3 is 23.9 Å². The molecule has 0 aliphatic carbocycles. The van der Waals surface area contributed by atoms with Gasteiger partial charge in [-0.05, 0) is 109 Å². The highest BCUT2D eigenvalue weighted by Crippen LogP contribution is 2.27. The number of carboxylic acid groups (broad SMARTS) is 1. The molecule has 1 aliphatic heterocycles. The third kappa shape index (κ3) is 48.0. The van der Waals surface area contributed by atoms with Gasteiger partial charge in [0.25, 0.3) is 0 Å². The molecular weight excluding hydrogens is 1040 g/mol. The number of esters is 3. The molecule has 3 N–H and O–H groups in total. The van der Waals surface area contributed by atoms with Crippen LogP contribution in [-0.4, -0.2) is 89.2 Å². The Kier molecular flexibility index (Phi) is 54.4. The van der Waals surface area contributed by atoms with Gasteiger partial charge in [0, 0.05) is 19.3 Å². The van der Waals surface area contributed by atoms with Crippen molar-refractivity contribution in [2.75, 3.05) is 13.2 Å². The normalized spacial score (nSPS) is 18.0. The first-order valence-electron chi connectivity index (χ1n) is 33.9. The van der Waals surface area contributed by atoms with Gasteiger partial charge in [0.05, 0.1) is 6.61 Å². The molecule has 83 heavy (non-hydrogen) atoms. The van der Waals surface area contributed by atoms with Crippen LogP contribution in [0.1, 0.15) is 303 Å². The van der Waals surface area contributed by atoms with Crippen molar-refractivity contribution in [2.24, 2.45) is 0 Å². The number of carbonyl (C=O) groups excluding carboxylic acids is 3. The fourth-order valence-electron chi connectivity index (χ4n) is 10.1. The number of aliphatic carboxylic acids is 1. The van der Waals surface area contributed by atoms with E-state index < -0.39 is 67.3 Å². The smallest absolute Gasteiger partial charge is 0.335 e. The highest BCUT2D eigenvalue weighted by molar-refractivity contribution is 5.74. The van der Waals surface area contributed by atoms with Gasteiger partial charge in [0.15, 0.2) is 24.6 Å². The van der Waals surface area contributed by atoms with E-state index in [-0.39, 0.29) is 25.9 Å². The molecule has 1 heterocycles. The van der Waals surface area contributed by atoms with E-state index in [9.17, 15) is 34.5 Å². The number of hydrogen-bond donors (Lipinski definition) is 3. The Morgan fingerprint density at radius 1 is 0.410 bits per heavy atom. The third-order valence-corrected chi connectivity index (χ3v) is 15.2. The minimum Gasteiger partial charge on any atom is -0.479 e. The van der Waals surface area contributed by atoms with E-state index in [2.05, 4.69) is 93.7 Å². The topological polar surface area (TPSA) is 175 Å². The van der Waals surface area contributed by atoms with Crippen molar-refractivity contribution in [1.29, 1.82) is 0 Å². The second-order valence-electron chi connectivity index (χ2n) is 23.1. The van der Waals surface area contributed by atoms with Gasteiger partial charge in [-0.2, -0.15) is 0 Å². The molecule has 1 fully saturated rings. The van der Waals surface area contributed by atoms with Gasteiger partial charge in [-0.1, -0.05) is 248 Å². The number of unbranched alkanes of at least 4 members (excludes halogenated alkanes) is 32. The lowest BCUT2D eigenvalue weighted by Gasteiger charge is -2.40. The van der Waals surface area contributed by atoms with Crippen LogP contribution >= 0.6 is 0 Å². The molecular formula is C71H122O12. The van der Waals surface area contributed by atoms with E-state index in [1.807, 2.05) is 0 Å². The Bertz CT molecular complexity index is 1720. The highest BCUT2D eigenvalue weighted by atomic mass is 16.7. The molecule has 1 saturated heterocycles. The summed E-state index contributed by atoms with van der Waals surface area (Å²) in [6, 6.07) is 0. The zero-order chi connectivity index (χ0) is 60.3. The van der Waals surface area contributed by atoms with E-state index in [1.54, 1.807) is 0 Å². The molecule has 12 heteroatoms. The third-order valence-electron chi connectivity index (χ3n) is 15.2. The molecule has 1 aliphatic rings. The number of aliphatic hydroxyl groups excluding tert-OH is 2. The van der Waals surface area contributed by atoms with Crippen LogP contribution in [0.4, 0.5) is 0 Å². The molecule has 0 aromatic heterocycles. The van der Waals surface area contributed by atoms with E-state index in [0.29, 0.717) is 19.3 Å². The Labute approximate surface area is 506 Å². The first-order chi connectivity index (χ1) is 40.6. The maximum Gasteiger partial charge on any atom is 0.335 e. The maximum atomic E-state index is 13.2. The average molecular weight is 1170 g/mol. The van der Waals surface area contributed by atoms with Crippen LogP contribution in [0, 0.1) is 0 Å². The van der Waals surface area contributed by atoms with Crippen molar-refractivity contribution in [3.8, 4) is 0 Å². The lowest BCUT2D eigenvalue weighted by molar-refractivity contribution is -0.301.